The van der Waals surface area contributed by atoms with Crippen LogP contribution in [-0.2, 0) is 4.79 Å². The van der Waals surface area contributed by atoms with E-state index < -0.39 is 0 Å². The number of hydrogen-bond acceptors (Lipinski definition) is 7. The molecule has 1 N–H and O–H groups in total. The van der Waals surface area contributed by atoms with E-state index in [1.54, 1.807) is 45.6 Å². The van der Waals surface area contributed by atoms with Gasteiger partial charge in [-0.15, -0.1) is 10.2 Å². The van der Waals surface area contributed by atoms with E-state index in [1.165, 1.54) is 11.8 Å². The van der Waals surface area contributed by atoms with Crippen LogP contribution in [0.5, 0.6) is 17.2 Å². The summed E-state index contributed by atoms with van der Waals surface area (Å²) in [6.45, 7) is 0. The Labute approximate surface area is 201 Å². The molecule has 0 bridgehead atoms. The second kappa shape index (κ2) is 10.8. The highest BCUT2D eigenvalue weighted by Gasteiger charge is 2.18. The first kappa shape index (κ1) is 23.2. The number of nitrogens with zero attached hydrogens (tertiary/aromatic N) is 3. The van der Waals surface area contributed by atoms with Gasteiger partial charge in [0.2, 0.25) is 5.91 Å². The molecule has 0 aliphatic rings. The van der Waals surface area contributed by atoms with Gasteiger partial charge in [-0.05, 0) is 72.8 Å². The topological polar surface area (TPSA) is 87.5 Å². The molecule has 0 saturated heterocycles. The summed E-state index contributed by atoms with van der Waals surface area (Å²) in [5.41, 5.74) is 2.43. The molecule has 174 valence electrons. The normalized spacial score (nSPS) is 10.6. The molecule has 9 heteroatoms. The molecule has 1 amide bonds. The molecule has 4 aromatic rings. The Balaban J connectivity index is 1.58. The van der Waals surface area contributed by atoms with Crippen LogP contribution in [0.2, 0.25) is 0 Å². The van der Waals surface area contributed by atoms with Crippen molar-refractivity contribution < 1.29 is 19.0 Å². The van der Waals surface area contributed by atoms with Gasteiger partial charge < -0.3 is 19.5 Å². The summed E-state index contributed by atoms with van der Waals surface area (Å²) in [6, 6.07) is 22.4. The number of carbonyl (C=O) groups excluding carboxylic acids is 1. The summed E-state index contributed by atoms with van der Waals surface area (Å²) in [5.74, 6) is 2.91. The standard InChI is InChI=1S/C25H24N4O4S/c1-31-20-10-4-17(5-11-20)24-27-28-25(29(24)19-8-14-22(33-3)15-9-19)34-16-23(30)26-18-6-12-21(32-2)13-7-18/h4-15H,16H2,1-3H3,(H,26,30). The minimum Gasteiger partial charge on any atom is -0.497 e. The predicted octanol–water partition coefficient (Wildman–Crippen LogP) is 4.69. The fourth-order valence-corrected chi connectivity index (χ4v) is 4.01. The Morgan fingerprint density at radius 3 is 1.88 bits per heavy atom. The van der Waals surface area contributed by atoms with Crippen LogP contribution >= 0.6 is 11.8 Å². The largest absolute Gasteiger partial charge is 0.497 e. The first-order valence-corrected chi connectivity index (χ1v) is 11.4. The van der Waals surface area contributed by atoms with Crippen molar-refractivity contribution in [3.8, 4) is 34.3 Å². The average Bonchev–Trinajstić information content (AvgIpc) is 3.32. The Kier molecular flexibility index (Phi) is 7.34. The number of anilines is 1. The van der Waals surface area contributed by atoms with Gasteiger partial charge in [0.25, 0.3) is 0 Å². The Morgan fingerprint density at radius 1 is 0.794 bits per heavy atom. The highest BCUT2D eigenvalue weighted by atomic mass is 32.2. The summed E-state index contributed by atoms with van der Waals surface area (Å²) in [4.78, 5) is 12.6. The van der Waals surface area contributed by atoms with Gasteiger partial charge in [0, 0.05) is 16.9 Å². The van der Waals surface area contributed by atoms with Gasteiger partial charge >= 0.3 is 0 Å². The fraction of sp³-hybridized carbons (Fsp3) is 0.160. The lowest BCUT2D eigenvalue weighted by atomic mass is 10.2. The van der Waals surface area contributed by atoms with Crippen LogP contribution in [0.1, 0.15) is 0 Å². The maximum absolute atomic E-state index is 12.6. The summed E-state index contributed by atoms with van der Waals surface area (Å²) < 4.78 is 17.6. The highest BCUT2D eigenvalue weighted by molar-refractivity contribution is 7.99. The number of carbonyl (C=O) groups is 1. The zero-order chi connectivity index (χ0) is 23.9. The smallest absolute Gasteiger partial charge is 0.234 e. The molecule has 0 aliphatic heterocycles. The van der Waals surface area contributed by atoms with Gasteiger partial charge in [-0.1, -0.05) is 11.8 Å². The molecule has 1 heterocycles. The molecular formula is C25H24N4O4S. The summed E-state index contributed by atoms with van der Waals surface area (Å²) >= 11 is 1.31. The van der Waals surface area contributed by atoms with Gasteiger partial charge in [-0.3, -0.25) is 9.36 Å². The number of ether oxygens (including phenoxy) is 3. The molecule has 4 rings (SSSR count). The van der Waals surface area contributed by atoms with E-state index in [0.29, 0.717) is 16.7 Å². The lowest BCUT2D eigenvalue weighted by Crippen LogP contribution is -2.14. The van der Waals surface area contributed by atoms with E-state index >= 15 is 0 Å². The van der Waals surface area contributed by atoms with Crippen LogP contribution in [0.25, 0.3) is 17.1 Å². The van der Waals surface area contributed by atoms with E-state index in [9.17, 15) is 4.79 Å². The van der Waals surface area contributed by atoms with Crippen LogP contribution in [0.3, 0.4) is 0 Å². The number of benzene rings is 3. The summed E-state index contributed by atoms with van der Waals surface area (Å²) in [5, 5.41) is 12.3. The minimum absolute atomic E-state index is 0.148. The number of amides is 1. The molecule has 0 aliphatic carbocycles. The number of aromatic nitrogens is 3. The van der Waals surface area contributed by atoms with Crippen molar-refractivity contribution in [3.63, 3.8) is 0 Å². The van der Waals surface area contributed by atoms with Crippen molar-refractivity contribution in [2.75, 3.05) is 32.4 Å². The molecule has 34 heavy (non-hydrogen) atoms. The minimum atomic E-state index is -0.148. The Bertz CT molecular complexity index is 1240. The molecule has 0 atom stereocenters. The van der Waals surface area contributed by atoms with Crippen molar-refractivity contribution in [1.29, 1.82) is 0 Å². The number of hydrogen-bond donors (Lipinski definition) is 1. The summed E-state index contributed by atoms with van der Waals surface area (Å²) in [6.07, 6.45) is 0. The number of nitrogens with one attached hydrogen (secondary N) is 1. The quantitative estimate of drug-likeness (QED) is 0.351. The van der Waals surface area contributed by atoms with E-state index in [-0.39, 0.29) is 11.7 Å². The van der Waals surface area contributed by atoms with Crippen molar-refractivity contribution in [1.82, 2.24) is 14.8 Å². The second-order valence-corrected chi connectivity index (χ2v) is 8.08. The predicted molar refractivity (Wildman–Crippen MR) is 132 cm³/mol. The van der Waals surface area contributed by atoms with Gasteiger partial charge in [-0.2, -0.15) is 0 Å². The van der Waals surface area contributed by atoms with E-state index in [4.69, 9.17) is 14.2 Å². The third-order valence-corrected chi connectivity index (χ3v) is 5.95. The average molecular weight is 477 g/mol. The molecular weight excluding hydrogens is 452 g/mol. The van der Waals surface area contributed by atoms with E-state index in [0.717, 1.165) is 28.5 Å². The van der Waals surface area contributed by atoms with Crippen LogP contribution in [0, 0.1) is 0 Å². The first-order chi connectivity index (χ1) is 16.6. The number of thioether (sulfide) groups is 1. The van der Waals surface area contributed by atoms with E-state index in [2.05, 4.69) is 15.5 Å². The number of methoxy groups -OCH3 is 3. The van der Waals surface area contributed by atoms with Gasteiger partial charge in [-0.25, -0.2) is 0 Å². The lowest BCUT2D eigenvalue weighted by Gasteiger charge is -2.12. The maximum atomic E-state index is 12.6. The molecule has 1 aromatic heterocycles. The zero-order valence-corrected chi connectivity index (χ0v) is 19.8. The molecule has 0 saturated carbocycles. The van der Waals surface area contributed by atoms with Gasteiger partial charge in [0.1, 0.15) is 17.2 Å². The molecule has 0 spiro atoms. The molecule has 0 unspecified atom stereocenters. The first-order valence-electron chi connectivity index (χ1n) is 10.4. The van der Waals surface area contributed by atoms with E-state index in [1.807, 2.05) is 53.1 Å². The zero-order valence-electron chi connectivity index (χ0n) is 19.0. The van der Waals surface area contributed by atoms with Crippen molar-refractivity contribution in [2.45, 2.75) is 5.16 Å². The third-order valence-electron chi connectivity index (χ3n) is 5.02. The fourth-order valence-electron chi connectivity index (χ4n) is 3.26. The lowest BCUT2D eigenvalue weighted by molar-refractivity contribution is -0.113. The van der Waals surface area contributed by atoms with Crippen molar-refractivity contribution in [3.05, 3.63) is 72.8 Å². The SMILES string of the molecule is COc1ccc(NC(=O)CSc2nnc(-c3ccc(OC)cc3)n2-c2ccc(OC)cc2)cc1. The monoisotopic (exact) mass is 476 g/mol. The Morgan fingerprint density at radius 2 is 1.32 bits per heavy atom. The molecule has 3 aromatic carbocycles. The summed E-state index contributed by atoms with van der Waals surface area (Å²) in [7, 11) is 4.85. The van der Waals surface area contributed by atoms with Crippen molar-refractivity contribution >= 4 is 23.4 Å². The maximum Gasteiger partial charge on any atom is 0.234 e. The number of rotatable bonds is 9. The highest BCUT2D eigenvalue weighted by Crippen LogP contribution is 2.30. The van der Waals surface area contributed by atoms with Crippen LogP contribution in [0.4, 0.5) is 5.69 Å². The van der Waals surface area contributed by atoms with Crippen LogP contribution in [-0.4, -0.2) is 47.8 Å². The van der Waals surface area contributed by atoms with Crippen molar-refractivity contribution in [2.24, 2.45) is 0 Å². The van der Waals surface area contributed by atoms with Crippen LogP contribution < -0.4 is 19.5 Å². The molecule has 0 radical (unpaired) electrons. The van der Waals surface area contributed by atoms with Gasteiger partial charge in [0.05, 0.1) is 27.1 Å². The molecule has 0 fully saturated rings. The van der Waals surface area contributed by atoms with Crippen LogP contribution in [0.15, 0.2) is 78.0 Å². The third kappa shape index (κ3) is 5.32. The second-order valence-electron chi connectivity index (χ2n) is 7.13. The Hall–Kier alpha value is -3.98. The van der Waals surface area contributed by atoms with Gasteiger partial charge in [0.15, 0.2) is 11.0 Å². The molecule has 8 nitrogen and oxygen atoms in total.